The van der Waals surface area contributed by atoms with Crippen LogP contribution in [0.1, 0.15) is 16.1 Å². The standard InChI is InChI=1S/C13H16N4O/c1-9-8-14-16-12(9)13(18)15-10-4-6-11(7-5-10)17(2)3/h4-8H,1-3H3,(H,14,16)(H,15,18). The summed E-state index contributed by atoms with van der Waals surface area (Å²) in [5.74, 6) is -0.178. The second-order valence-electron chi connectivity index (χ2n) is 4.32. The third-order valence-corrected chi connectivity index (χ3v) is 2.70. The molecule has 0 fully saturated rings. The van der Waals surface area contributed by atoms with Gasteiger partial charge in [-0.3, -0.25) is 9.89 Å². The third kappa shape index (κ3) is 2.51. The van der Waals surface area contributed by atoms with Crippen molar-refractivity contribution in [1.82, 2.24) is 10.2 Å². The Morgan fingerprint density at radius 2 is 1.94 bits per heavy atom. The lowest BCUT2D eigenvalue weighted by atomic mass is 10.2. The number of amides is 1. The van der Waals surface area contributed by atoms with Gasteiger partial charge in [-0.25, -0.2) is 0 Å². The van der Waals surface area contributed by atoms with E-state index in [1.807, 2.05) is 50.2 Å². The van der Waals surface area contributed by atoms with Crippen LogP contribution in [0, 0.1) is 6.92 Å². The van der Waals surface area contributed by atoms with E-state index in [9.17, 15) is 4.79 Å². The van der Waals surface area contributed by atoms with Crippen molar-refractivity contribution in [2.45, 2.75) is 6.92 Å². The zero-order valence-electron chi connectivity index (χ0n) is 10.7. The van der Waals surface area contributed by atoms with Crippen molar-refractivity contribution in [3.05, 3.63) is 41.7 Å². The van der Waals surface area contributed by atoms with Crippen LogP contribution in [-0.4, -0.2) is 30.2 Å². The number of hydrogen-bond donors (Lipinski definition) is 2. The van der Waals surface area contributed by atoms with Gasteiger partial charge in [-0.05, 0) is 36.8 Å². The summed E-state index contributed by atoms with van der Waals surface area (Å²) in [7, 11) is 3.95. The van der Waals surface area contributed by atoms with Crippen molar-refractivity contribution in [2.75, 3.05) is 24.3 Å². The molecule has 0 aliphatic rings. The molecule has 2 aromatic rings. The molecular formula is C13H16N4O. The number of carbonyl (C=O) groups excluding carboxylic acids is 1. The average Bonchev–Trinajstić information content (AvgIpc) is 2.76. The van der Waals surface area contributed by atoms with Crippen LogP contribution in [-0.2, 0) is 0 Å². The molecule has 5 heteroatoms. The van der Waals surface area contributed by atoms with Crippen molar-refractivity contribution in [2.24, 2.45) is 0 Å². The van der Waals surface area contributed by atoms with E-state index in [-0.39, 0.29) is 5.91 Å². The molecule has 0 aliphatic carbocycles. The van der Waals surface area contributed by atoms with Crippen molar-refractivity contribution in [1.29, 1.82) is 0 Å². The smallest absolute Gasteiger partial charge is 0.273 e. The zero-order chi connectivity index (χ0) is 13.1. The second kappa shape index (κ2) is 4.91. The van der Waals surface area contributed by atoms with Crippen LogP contribution >= 0.6 is 0 Å². The minimum absolute atomic E-state index is 0.178. The molecule has 1 amide bonds. The molecule has 18 heavy (non-hydrogen) atoms. The fourth-order valence-corrected chi connectivity index (χ4v) is 1.61. The molecule has 1 aromatic carbocycles. The fraction of sp³-hybridized carbons (Fsp3) is 0.231. The predicted molar refractivity (Wildman–Crippen MR) is 72.0 cm³/mol. The Labute approximate surface area is 106 Å². The molecule has 0 saturated heterocycles. The molecule has 2 rings (SSSR count). The number of carbonyl (C=O) groups is 1. The Morgan fingerprint density at radius 1 is 1.28 bits per heavy atom. The highest BCUT2D eigenvalue weighted by Crippen LogP contribution is 2.16. The van der Waals surface area contributed by atoms with Gasteiger partial charge in [0, 0.05) is 25.5 Å². The van der Waals surface area contributed by atoms with Crippen LogP contribution in [0.3, 0.4) is 0 Å². The number of rotatable bonds is 3. The predicted octanol–water partition coefficient (Wildman–Crippen LogP) is 2.04. The number of nitrogens with one attached hydrogen (secondary N) is 2. The lowest BCUT2D eigenvalue weighted by Gasteiger charge is -2.12. The number of anilines is 2. The Bertz CT molecular complexity index is 542. The van der Waals surface area contributed by atoms with Gasteiger partial charge in [0.25, 0.3) is 5.91 Å². The monoisotopic (exact) mass is 244 g/mol. The molecule has 1 heterocycles. The van der Waals surface area contributed by atoms with E-state index in [1.165, 1.54) is 0 Å². The summed E-state index contributed by atoms with van der Waals surface area (Å²) in [6.45, 7) is 1.84. The number of aryl methyl sites for hydroxylation is 1. The summed E-state index contributed by atoms with van der Waals surface area (Å²) in [6, 6.07) is 7.66. The van der Waals surface area contributed by atoms with Crippen LogP contribution in [0.5, 0.6) is 0 Å². The Morgan fingerprint density at radius 3 is 2.44 bits per heavy atom. The molecule has 0 radical (unpaired) electrons. The number of hydrogen-bond acceptors (Lipinski definition) is 3. The molecule has 0 aliphatic heterocycles. The first kappa shape index (κ1) is 12.2. The van der Waals surface area contributed by atoms with Gasteiger partial charge in [0.15, 0.2) is 0 Å². The molecule has 0 bridgehead atoms. The van der Waals surface area contributed by atoms with Gasteiger partial charge in [0.05, 0.1) is 6.20 Å². The molecule has 0 spiro atoms. The number of benzene rings is 1. The zero-order valence-corrected chi connectivity index (χ0v) is 10.7. The molecule has 1 aromatic heterocycles. The highest BCUT2D eigenvalue weighted by atomic mass is 16.1. The lowest BCUT2D eigenvalue weighted by molar-refractivity contribution is 0.102. The molecule has 0 unspecified atom stereocenters. The maximum atomic E-state index is 11.9. The highest BCUT2D eigenvalue weighted by Gasteiger charge is 2.10. The van der Waals surface area contributed by atoms with E-state index in [0.717, 1.165) is 16.9 Å². The first-order valence-corrected chi connectivity index (χ1v) is 5.66. The summed E-state index contributed by atoms with van der Waals surface area (Å²) >= 11 is 0. The molecule has 0 saturated carbocycles. The third-order valence-electron chi connectivity index (χ3n) is 2.70. The molecule has 2 N–H and O–H groups in total. The summed E-state index contributed by atoms with van der Waals surface area (Å²) in [5, 5.41) is 9.34. The van der Waals surface area contributed by atoms with Gasteiger partial charge in [0.2, 0.25) is 0 Å². The molecule has 94 valence electrons. The van der Waals surface area contributed by atoms with Crippen LogP contribution in [0.25, 0.3) is 0 Å². The Kier molecular flexibility index (Phi) is 3.32. The van der Waals surface area contributed by atoms with Crippen LogP contribution in [0.15, 0.2) is 30.5 Å². The summed E-state index contributed by atoms with van der Waals surface area (Å²) in [4.78, 5) is 13.9. The van der Waals surface area contributed by atoms with Gasteiger partial charge in [-0.1, -0.05) is 0 Å². The van der Waals surface area contributed by atoms with Gasteiger partial charge in [-0.15, -0.1) is 0 Å². The minimum atomic E-state index is -0.178. The fourth-order valence-electron chi connectivity index (χ4n) is 1.61. The number of aromatic nitrogens is 2. The van der Waals surface area contributed by atoms with Crippen LogP contribution < -0.4 is 10.2 Å². The lowest BCUT2D eigenvalue weighted by Crippen LogP contribution is -2.14. The van der Waals surface area contributed by atoms with Crippen molar-refractivity contribution in [3.8, 4) is 0 Å². The van der Waals surface area contributed by atoms with E-state index in [2.05, 4.69) is 15.5 Å². The topological polar surface area (TPSA) is 61.0 Å². The normalized spacial score (nSPS) is 10.2. The first-order chi connectivity index (χ1) is 8.58. The van der Waals surface area contributed by atoms with E-state index in [1.54, 1.807) is 6.20 Å². The minimum Gasteiger partial charge on any atom is -0.378 e. The summed E-state index contributed by atoms with van der Waals surface area (Å²) in [5.41, 5.74) is 3.18. The summed E-state index contributed by atoms with van der Waals surface area (Å²) in [6.07, 6.45) is 1.63. The maximum absolute atomic E-state index is 11.9. The van der Waals surface area contributed by atoms with E-state index >= 15 is 0 Å². The van der Waals surface area contributed by atoms with Crippen LogP contribution in [0.4, 0.5) is 11.4 Å². The quantitative estimate of drug-likeness (QED) is 0.868. The van der Waals surface area contributed by atoms with E-state index in [4.69, 9.17) is 0 Å². The molecule has 5 nitrogen and oxygen atoms in total. The number of nitrogens with zero attached hydrogens (tertiary/aromatic N) is 2. The largest absolute Gasteiger partial charge is 0.378 e. The van der Waals surface area contributed by atoms with E-state index in [0.29, 0.717) is 5.69 Å². The average molecular weight is 244 g/mol. The first-order valence-electron chi connectivity index (χ1n) is 5.66. The Hall–Kier alpha value is -2.30. The van der Waals surface area contributed by atoms with Crippen molar-refractivity contribution in [3.63, 3.8) is 0 Å². The molecular weight excluding hydrogens is 228 g/mol. The number of aromatic amines is 1. The van der Waals surface area contributed by atoms with Crippen molar-refractivity contribution < 1.29 is 4.79 Å². The van der Waals surface area contributed by atoms with Gasteiger partial charge in [0.1, 0.15) is 5.69 Å². The summed E-state index contributed by atoms with van der Waals surface area (Å²) < 4.78 is 0. The highest BCUT2D eigenvalue weighted by molar-refractivity contribution is 6.03. The second-order valence-corrected chi connectivity index (χ2v) is 4.32. The van der Waals surface area contributed by atoms with Crippen LogP contribution in [0.2, 0.25) is 0 Å². The van der Waals surface area contributed by atoms with Gasteiger partial charge in [-0.2, -0.15) is 5.10 Å². The number of H-pyrrole nitrogens is 1. The van der Waals surface area contributed by atoms with Gasteiger partial charge < -0.3 is 10.2 Å². The maximum Gasteiger partial charge on any atom is 0.273 e. The van der Waals surface area contributed by atoms with Gasteiger partial charge >= 0.3 is 0 Å². The SMILES string of the molecule is Cc1cn[nH]c1C(=O)Nc1ccc(N(C)C)cc1. The van der Waals surface area contributed by atoms with Crippen molar-refractivity contribution >= 4 is 17.3 Å². The molecule has 0 atom stereocenters. The Balaban J connectivity index is 2.10. The van der Waals surface area contributed by atoms with E-state index < -0.39 is 0 Å².